The van der Waals surface area contributed by atoms with Gasteiger partial charge in [0.25, 0.3) is 0 Å². The van der Waals surface area contributed by atoms with Gasteiger partial charge in [-0.05, 0) is 12.0 Å². The van der Waals surface area contributed by atoms with Gasteiger partial charge in [0, 0.05) is 13.0 Å². The Morgan fingerprint density at radius 3 is 2.44 bits per heavy atom. The van der Waals surface area contributed by atoms with E-state index in [0.29, 0.717) is 12.0 Å². The van der Waals surface area contributed by atoms with Crippen molar-refractivity contribution in [2.45, 2.75) is 18.2 Å². The highest BCUT2D eigenvalue weighted by molar-refractivity contribution is 6.49. The van der Waals surface area contributed by atoms with Gasteiger partial charge < -0.3 is 5.11 Å². The Bertz CT molecular complexity index is 362. The zero-order chi connectivity index (χ0) is 12.0. The largest absolute Gasteiger partial charge is 0.396 e. The summed E-state index contributed by atoms with van der Waals surface area (Å²) in [6.07, 6.45) is 0.342. The number of carbonyl (C=O) groups excluding carboxylic acids is 2. The van der Waals surface area contributed by atoms with Gasteiger partial charge in [0.15, 0.2) is 5.78 Å². The van der Waals surface area contributed by atoms with Crippen LogP contribution in [0.3, 0.4) is 0 Å². The molecule has 0 bridgehead atoms. The standard InChI is InChI=1S/C12H13ClO3/c13-11(9-5-2-1-3-6-9)12(16)10(15)7-4-8-14/h1-3,5-6,11,14H,4,7-8H2. The van der Waals surface area contributed by atoms with Crippen molar-refractivity contribution < 1.29 is 14.7 Å². The summed E-state index contributed by atoms with van der Waals surface area (Å²) in [7, 11) is 0. The van der Waals surface area contributed by atoms with E-state index in [1.807, 2.05) is 6.07 Å². The van der Waals surface area contributed by atoms with Gasteiger partial charge in [-0.15, -0.1) is 11.6 Å². The van der Waals surface area contributed by atoms with E-state index >= 15 is 0 Å². The minimum atomic E-state index is -0.924. The number of hydrogen-bond donors (Lipinski definition) is 1. The number of halogens is 1. The van der Waals surface area contributed by atoms with Gasteiger partial charge in [0.1, 0.15) is 5.38 Å². The number of carbonyl (C=O) groups is 2. The number of hydrogen-bond acceptors (Lipinski definition) is 3. The smallest absolute Gasteiger partial charge is 0.220 e. The monoisotopic (exact) mass is 240 g/mol. The first kappa shape index (κ1) is 12.9. The maximum atomic E-state index is 11.6. The van der Waals surface area contributed by atoms with Crippen LogP contribution in [0.5, 0.6) is 0 Å². The number of aliphatic hydroxyl groups is 1. The predicted octanol–water partition coefficient (Wildman–Crippen LogP) is 1.88. The lowest BCUT2D eigenvalue weighted by Gasteiger charge is -2.07. The van der Waals surface area contributed by atoms with Crippen LogP contribution in [0.25, 0.3) is 0 Å². The number of rotatable bonds is 6. The molecule has 1 unspecified atom stereocenters. The van der Waals surface area contributed by atoms with E-state index in [9.17, 15) is 9.59 Å². The molecule has 1 aromatic rings. The first-order chi connectivity index (χ1) is 7.66. The van der Waals surface area contributed by atoms with Crippen LogP contribution in [0.1, 0.15) is 23.8 Å². The molecule has 0 amide bonds. The molecule has 16 heavy (non-hydrogen) atoms. The number of Topliss-reactive ketones (excluding diaryl/α,β-unsaturated/α-hetero) is 2. The fourth-order valence-corrected chi connectivity index (χ4v) is 1.54. The minimum absolute atomic E-state index is 0.0470. The lowest BCUT2D eigenvalue weighted by molar-refractivity contribution is -0.136. The quantitative estimate of drug-likeness (QED) is 0.610. The van der Waals surface area contributed by atoms with Crippen molar-refractivity contribution in [3.63, 3.8) is 0 Å². The normalized spacial score (nSPS) is 12.1. The maximum Gasteiger partial charge on any atom is 0.220 e. The first-order valence-corrected chi connectivity index (χ1v) is 5.47. The Labute approximate surface area is 99.0 Å². The second-order valence-corrected chi connectivity index (χ2v) is 3.82. The van der Waals surface area contributed by atoms with E-state index in [-0.39, 0.29) is 13.0 Å². The third kappa shape index (κ3) is 3.43. The van der Waals surface area contributed by atoms with Gasteiger partial charge in [0.05, 0.1) is 0 Å². The van der Waals surface area contributed by atoms with Crippen molar-refractivity contribution in [2.75, 3.05) is 6.61 Å². The molecule has 0 aliphatic heterocycles. The van der Waals surface area contributed by atoms with Gasteiger partial charge in [-0.2, -0.15) is 0 Å². The van der Waals surface area contributed by atoms with Gasteiger partial charge in [0.2, 0.25) is 5.78 Å². The molecule has 0 aromatic heterocycles. The second kappa shape index (κ2) is 6.40. The summed E-state index contributed by atoms with van der Waals surface area (Å²) < 4.78 is 0. The molecule has 1 aromatic carbocycles. The van der Waals surface area contributed by atoms with Crippen molar-refractivity contribution in [2.24, 2.45) is 0 Å². The number of alkyl halides is 1. The molecular formula is C12H13ClO3. The molecule has 86 valence electrons. The van der Waals surface area contributed by atoms with E-state index in [1.54, 1.807) is 24.3 Å². The molecule has 0 spiro atoms. The Morgan fingerprint density at radius 1 is 1.25 bits per heavy atom. The lowest BCUT2D eigenvalue weighted by atomic mass is 10.0. The van der Waals surface area contributed by atoms with Gasteiger partial charge in [-0.25, -0.2) is 0 Å². The molecule has 1 N–H and O–H groups in total. The number of ketones is 2. The average Bonchev–Trinajstić information content (AvgIpc) is 2.35. The highest BCUT2D eigenvalue weighted by Gasteiger charge is 2.23. The van der Waals surface area contributed by atoms with Crippen molar-refractivity contribution in [1.82, 2.24) is 0 Å². The maximum absolute atomic E-state index is 11.6. The molecule has 1 rings (SSSR count). The van der Waals surface area contributed by atoms with Gasteiger partial charge in [-0.1, -0.05) is 30.3 Å². The van der Waals surface area contributed by atoms with Crippen LogP contribution < -0.4 is 0 Å². The predicted molar refractivity (Wildman–Crippen MR) is 61.4 cm³/mol. The number of benzene rings is 1. The topological polar surface area (TPSA) is 54.4 Å². The summed E-state index contributed by atoms with van der Waals surface area (Å²) in [5.41, 5.74) is 0.617. The summed E-state index contributed by atoms with van der Waals surface area (Å²) >= 11 is 5.90. The van der Waals surface area contributed by atoms with Gasteiger partial charge in [-0.3, -0.25) is 9.59 Å². The molecule has 0 aliphatic rings. The summed E-state index contributed by atoms with van der Waals surface area (Å²) in [5.74, 6) is -1.14. The molecule has 0 aliphatic carbocycles. The Balaban J connectivity index is 2.64. The van der Waals surface area contributed by atoms with Crippen LogP contribution in [-0.4, -0.2) is 23.3 Å². The van der Waals surface area contributed by atoms with E-state index in [4.69, 9.17) is 16.7 Å². The van der Waals surface area contributed by atoms with Crippen LogP contribution in [0.2, 0.25) is 0 Å². The molecule has 0 heterocycles. The summed E-state index contributed by atoms with van der Waals surface area (Å²) in [6, 6.07) is 8.74. The number of aliphatic hydroxyl groups excluding tert-OH is 1. The first-order valence-electron chi connectivity index (χ1n) is 5.03. The summed E-state index contributed by atoms with van der Waals surface area (Å²) in [5, 5.41) is 7.63. The van der Waals surface area contributed by atoms with Crippen molar-refractivity contribution in [3.8, 4) is 0 Å². The fraction of sp³-hybridized carbons (Fsp3) is 0.333. The molecule has 0 saturated heterocycles. The van der Waals surface area contributed by atoms with E-state index in [1.165, 1.54) is 0 Å². The third-order valence-electron chi connectivity index (χ3n) is 2.16. The van der Waals surface area contributed by atoms with Crippen molar-refractivity contribution in [3.05, 3.63) is 35.9 Å². The van der Waals surface area contributed by atoms with Crippen molar-refractivity contribution >= 4 is 23.2 Å². The second-order valence-electron chi connectivity index (χ2n) is 3.39. The summed E-state index contributed by atoms with van der Waals surface area (Å²) in [4.78, 5) is 23.0. The van der Waals surface area contributed by atoms with E-state index < -0.39 is 16.9 Å². The van der Waals surface area contributed by atoms with Crippen LogP contribution in [0.4, 0.5) is 0 Å². The average molecular weight is 241 g/mol. The van der Waals surface area contributed by atoms with Gasteiger partial charge >= 0.3 is 0 Å². The molecule has 3 nitrogen and oxygen atoms in total. The van der Waals surface area contributed by atoms with E-state index in [2.05, 4.69) is 0 Å². The Kier molecular flexibility index (Phi) is 5.15. The fourth-order valence-electron chi connectivity index (χ4n) is 1.28. The third-order valence-corrected chi connectivity index (χ3v) is 2.61. The molecule has 4 heteroatoms. The summed E-state index contributed by atoms with van der Waals surface area (Å²) in [6.45, 7) is -0.0999. The zero-order valence-electron chi connectivity index (χ0n) is 8.73. The Hall–Kier alpha value is -1.19. The highest BCUT2D eigenvalue weighted by atomic mass is 35.5. The molecule has 0 fully saturated rings. The zero-order valence-corrected chi connectivity index (χ0v) is 9.48. The SMILES string of the molecule is O=C(CCCO)C(=O)C(Cl)c1ccccc1. The van der Waals surface area contributed by atoms with Crippen LogP contribution in [0.15, 0.2) is 30.3 Å². The molecule has 1 atom stereocenters. The van der Waals surface area contributed by atoms with Crippen LogP contribution in [0, 0.1) is 0 Å². The van der Waals surface area contributed by atoms with E-state index in [0.717, 1.165) is 0 Å². The lowest BCUT2D eigenvalue weighted by Crippen LogP contribution is -2.19. The van der Waals surface area contributed by atoms with Crippen molar-refractivity contribution in [1.29, 1.82) is 0 Å². The van der Waals surface area contributed by atoms with Crippen LogP contribution >= 0.6 is 11.6 Å². The Morgan fingerprint density at radius 2 is 1.88 bits per heavy atom. The molecular weight excluding hydrogens is 228 g/mol. The van der Waals surface area contributed by atoms with Crippen LogP contribution in [-0.2, 0) is 9.59 Å². The molecule has 0 saturated carbocycles. The molecule has 0 radical (unpaired) electrons. The minimum Gasteiger partial charge on any atom is -0.396 e. The highest BCUT2D eigenvalue weighted by Crippen LogP contribution is 2.21.